The molecule has 0 aliphatic rings. The highest BCUT2D eigenvalue weighted by Gasteiger charge is 2.21. The monoisotopic (exact) mass is 513 g/mol. The fourth-order valence-electron chi connectivity index (χ4n) is 5.70. The van der Waals surface area contributed by atoms with Crippen LogP contribution in [0.15, 0.2) is 140 Å². The summed E-state index contributed by atoms with van der Waals surface area (Å²) in [6.45, 7) is 0. The lowest BCUT2D eigenvalue weighted by molar-refractivity contribution is 1.10. The normalized spacial score (nSPS) is 11.5. The van der Waals surface area contributed by atoms with E-state index in [2.05, 4.69) is 111 Å². The van der Waals surface area contributed by atoms with E-state index in [9.17, 15) is 0 Å². The molecule has 0 amide bonds. The van der Waals surface area contributed by atoms with Crippen LogP contribution in [0.4, 0.5) is 0 Å². The summed E-state index contributed by atoms with van der Waals surface area (Å²) in [5.74, 6) is 0.925. The number of nitrogens with zero attached hydrogens (tertiary/aromatic N) is 5. The molecule has 0 radical (unpaired) electrons. The highest BCUT2D eigenvalue weighted by Crippen LogP contribution is 2.39. The Morgan fingerprint density at radius 1 is 0.500 bits per heavy atom. The van der Waals surface area contributed by atoms with Crippen molar-refractivity contribution in [2.75, 3.05) is 0 Å². The maximum absolute atomic E-state index is 5.33. The minimum Gasteiger partial charge on any atom is -0.308 e. The summed E-state index contributed by atoms with van der Waals surface area (Å²) in [7, 11) is 0. The first-order valence-electron chi connectivity index (χ1n) is 13.3. The van der Waals surface area contributed by atoms with Gasteiger partial charge in [-0.3, -0.25) is 14.5 Å². The van der Waals surface area contributed by atoms with Gasteiger partial charge in [-0.15, -0.1) is 0 Å². The number of aromatic nitrogens is 5. The smallest absolute Gasteiger partial charge is 0.145 e. The van der Waals surface area contributed by atoms with Crippen LogP contribution in [0.1, 0.15) is 0 Å². The van der Waals surface area contributed by atoms with Crippen LogP contribution in [0.25, 0.3) is 66.9 Å². The predicted molar refractivity (Wildman–Crippen MR) is 162 cm³/mol. The van der Waals surface area contributed by atoms with E-state index in [0.29, 0.717) is 0 Å². The van der Waals surface area contributed by atoms with Crippen molar-refractivity contribution in [2.45, 2.75) is 0 Å². The van der Waals surface area contributed by atoms with Crippen molar-refractivity contribution in [3.05, 3.63) is 140 Å². The Bertz CT molecular complexity index is 2130. The van der Waals surface area contributed by atoms with Crippen molar-refractivity contribution in [1.29, 1.82) is 0 Å². The lowest BCUT2D eigenvalue weighted by Crippen LogP contribution is -1.97. The Morgan fingerprint density at radius 3 is 2.02 bits per heavy atom. The molecule has 0 fully saturated rings. The van der Waals surface area contributed by atoms with Gasteiger partial charge in [-0.05, 0) is 54.6 Å². The van der Waals surface area contributed by atoms with E-state index in [4.69, 9.17) is 9.97 Å². The molecule has 8 rings (SSSR count). The summed E-state index contributed by atoms with van der Waals surface area (Å²) in [6.07, 6.45) is 5.56. The quantitative estimate of drug-likeness (QED) is 0.238. The fourth-order valence-corrected chi connectivity index (χ4v) is 5.70. The molecule has 0 aliphatic heterocycles. The molecular weight excluding hydrogens is 490 g/mol. The van der Waals surface area contributed by atoms with E-state index in [0.717, 1.165) is 66.9 Å². The Hall–Kier alpha value is -5.55. The average molecular weight is 514 g/mol. The molecule has 40 heavy (non-hydrogen) atoms. The van der Waals surface area contributed by atoms with Gasteiger partial charge in [0.1, 0.15) is 5.82 Å². The first-order chi connectivity index (χ1) is 19.9. The van der Waals surface area contributed by atoms with Crippen molar-refractivity contribution >= 4 is 32.8 Å². The highest BCUT2D eigenvalue weighted by atomic mass is 15.1. The fraction of sp³-hybridized carbons (Fsp3) is 0. The molecule has 188 valence electrons. The molecule has 4 aromatic heterocycles. The molecule has 0 bridgehead atoms. The van der Waals surface area contributed by atoms with Gasteiger partial charge in [0.2, 0.25) is 0 Å². The van der Waals surface area contributed by atoms with Crippen LogP contribution in [0.3, 0.4) is 0 Å². The molecule has 0 saturated carbocycles. The van der Waals surface area contributed by atoms with E-state index < -0.39 is 0 Å². The number of imidazole rings is 1. The molecule has 5 nitrogen and oxygen atoms in total. The summed E-state index contributed by atoms with van der Waals surface area (Å²) in [5, 5.41) is 2.30. The molecule has 0 N–H and O–H groups in total. The second-order valence-electron chi connectivity index (χ2n) is 9.80. The SMILES string of the molecule is c1ccc(-c2nc3c4c5ccccc5n(-c5ccc(-c6cccnc6)nc5)c4ccc3n2-c2ccccc2)cc1. The average Bonchev–Trinajstić information content (AvgIpc) is 3.59. The third-order valence-corrected chi connectivity index (χ3v) is 7.47. The van der Waals surface area contributed by atoms with E-state index in [1.54, 1.807) is 6.20 Å². The Labute approximate surface area is 230 Å². The van der Waals surface area contributed by atoms with Gasteiger partial charge in [0, 0.05) is 40.0 Å². The number of benzene rings is 4. The van der Waals surface area contributed by atoms with E-state index in [1.807, 2.05) is 36.7 Å². The minimum absolute atomic E-state index is 0.897. The third-order valence-electron chi connectivity index (χ3n) is 7.47. The Morgan fingerprint density at radius 2 is 1.25 bits per heavy atom. The highest BCUT2D eigenvalue weighted by molar-refractivity contribution is 6.20. The zero-order valence-corrected chi connectivity index (χ0v) is 21.5. The number of rotatable bonds is 4. The van der Waals surface area contributed by atoms with Crippen LogP contribution in [-0.2, 0) is 0 Å². The molecule has 5 heteroatoms. The van der Waals surface area contributed by atoms with Crippen molar-refractivity contribution in [3.63, 3.8) is 0 Å². The molecule has 4 aromatic carbocycles. The van der Waals surface area contributed by atoms with Gasteiger partial charge in [-0.2, -0.15) is 0 Å². The van der Waals surface area contributed by atoms with Crippen molar-refractivity contribution in [3.8, 4) is 34.0 Å². The number of pyridine rings is 2. The van der Waals surface area contributed by atoms with Gasteiger partial charge in [-0.25, -0.2) is 4.98 Å². The summed E-state index contributed by atoms with van der Waals surface area (Å²) in [5.41, 5.74) is 9.34. The van der Waals surface area contributed by atoms with E-state index >= 15 is 0 Å². The predicted octanol–water partition coefficient (Wildman–Crippen LogP) is 8.25. The van der Waals surface area contributed by atoms with Gasteiger partial charge in [0.05, 0.1) is 39.6 Å². The lowest BCUT2D eigenvalue weighted by atomic mass is 10.1. The summed E-state index contributed by atoms with van der Waals surface area (Å²) >= 11 is 0. The summed E-state index contributed by atoms with van der Waals surface area (Å²) < 4.78 is 4.55. The molecule has 0 aliphatic carbocycles. The Kier molecular flexibility index (Phi) is 5.07. The minimum atomic E-state index is 0.897. The van der Waals surface area contributed by atoms with Crippen LogP contribution in [0, 0.1) is 0 Å². The summed E-state index contributed by atoms with van der Waals surface area (Å²) in [6, 6.07) is 42.0. The Balaban J connectivity index is 1.42. The molecular formula is C35H23N5. The van der Waals surface area contributed by atoms with Crippen molar-refractivity contribution in [1.82, 2.24) is 24.1 Å². The number of hydrogen-bond donors (Lipinski definition) is 0. The number of hydrogen-bond acceptors (Lipinski definition) is 3. The number of para-hydroxylation sites is 2. The molecule has 4 heterocycles. The zero-order valence-electron chi connectivity index (χ0n) is 21.5. The van der Waals surface area contributed by atoms with E-state index in [1.165, 1.54) is 0 Å². The van der Waals surface area contributed by atoms with Crippen molar-refractivity contribution < 1.29 is 0 Å². The third kappa shape index (κ3) is 3.45. The van der Waals surface area contributed by atoms with E-state index in [-0.39, 0.29) is 0 Å². The molecule has 0 unspecified atom stereocenters. The zero-order chi connectivity index (χ0) is 26.5. The number of fused-ring (bicyclic) bond motifs is 5. The van der Waals surface area contributed by atoms with Gasteiger partial charge in [0.25, 0.3) is 0 Å². The molecule has 0 saturated heterocycles. The van der Waals surface area contributed by atoms with Gasteiger partial charge in [0.15, 0.2) is 0 Å². The maximum atomic E-state index is 5.33. The standard InChI is InChI=1S/C35H23N5/c1-3-10-24(11-4-1)35-38-34-32(40(35)26-13-5-2-6-14-26)20-19-31-33(34)28-15-7-8-16-30(28)39(31)27-17-18-29(37-23-27)25-12-9-21-36-22-25/h1-23H. The van der Waals surface area contributed by atoms with Gasteiger partial charge >= 0.3 is 0 Å². The molecule has 0 spiro atoms. The topological polar surface area (TPSA) is 48.5 Å². The molecule has 0 atom stereocenters. The van der Waals surface area contributed by atoms with Crippen LogP contribution in [0.2, 0.25) is 0 Å². The molecule has 8 aromatic rings. The summed E-state index contributed by atoms with van der Waals surface area (Å²) in [4.78, 5) is 14.4. The largest absolute Gasteiger partial charge is 0.308 e. The van der Waals surface area contributed by atoms with Crippen LogP contribution in [-0.4, -0.2) is 24.1 Å². The van der Waals surface area contributed by atoms with Crippen LogP contribution < -0.4 is 0 Å². The van der Waals surface area contributed by atoms with Gasteiger partial charge < -0.3 is 4.57 Å². The van der Waals surface area contributed by atoms with Gasteiger partial charge in [-0.1, -0.05) is 66.7 Å². The lowest BCUT2D eigenvalue weighted by Gasteiger charge is -2.10. The second kappa shape index (κ2) is 9.03. The van der Waals surface area contributed by atoms with Crippen LogP contribution in [0.5, 0.6) is 0 Å². The van der Waals surface area contributed by atoms with Crippen LogP contribution >= 0.6 is 0 Å². The maximum Gasteiger partial charge on any atom is 0.145 e. The first-order valence-corrected chi connectivity index (χ1v) is 13.3. The van der Waals surface area contributed by atoms with Crippen molar-refractivity contribution in [2.24, 2.45) is 0 Å². The first kappa shape index (κ1) is 22.4. The second-order valence-corrected chi connectivity index (χ2v) is 9.80.